The molecule has 0 unspecified atom stereocenters. The van der Waals surface area contributed by atoms with Gasteiger partial charge in [0, 0.05) is 0 Å². The standard InChI is InChI=1S/C31H46O6/c1-2-3-4-5-6-7-8-11-24(32)15-16-25-26-17-22-10-9-12-28(36-20-30(33)34)27(22)18-23(26)19-29(25)37-31(35)21-13-14-21/h9-10,12,21,23-26,29,32H,2-8,11,13-20H2,1H3,(H,33,34)/t23-,24-,25+,26-,29+/m0/s1. The first-order chi connectivity index (χ1) is 18.0. The number of carbonyl (C=O) groups excluding carboxylic acids is 1. The number of rotatable bonds is 16. The first kappa shape index (κ1) is 27.9. The minimum atomic E-state index is -0.977. The summed E-state index contributed by atoms with van der Waals surface area (Å²) in [6, 6.07) is 5.92. The highest BCUT2D eigenvalue weighted by Crippen LogP contribution is 2.50. The van der Waals surface area contributed by atoms with Crippen LogP contribution in [-0.4, -0.2) is 41.0 Å². The quantitative estimate of drug-likeness (QED) is 0.204. The summed E-state index contributed by atoms with van der Waals surface area (Å²) in [6.45, 7) is 1.89. The van der Waals surface area contributed by atoms with Gasteiger partial charge in [-0.2, -0.15) is 0 Å². The largest absolute Gasteiger partial charge is 0.482 e. The summed E-state index contributed by atoms with van der Waals surface area (Å²) in [4.78, 5) is 23.6. The Labute approximate surface area is 222 Å². The van der Waals surface area contributed by atoms with Crippen molar-refractivity contribution in [3.8, 4) is 5.75 Å². The summed E-state index contributed by atoms with van der Waals surface area (Å²) < 4.78 is 11.7. The molecule has 0 amide bonds. The topological polar surface area (TPSA) is 93.1 Å². The first-order valence-corrected chi connectivity index (χ1v) is 14.8. The van der Waals surface area contributed by atoms with Gasteiger partial charge >= 0.3 is 11.9 Å². The smallest absolute Gasteiger partial charge is 0.341 e. The van der Waals surface area contributed by atoms with E-state index >= 15 is 0 Å². The van der Waals surface area contributed by atoms with E-state index in [0.717, 1.165) is 63.4 Å². The molecular weight excluding hydrogens is 468 g/mol. The molecule has 206 valence electrons. The van der Waals surface area contributed by atoms with E-state index in [0.29, 0.717) is 17.6 Å². The van der Waals surface area contributed by atoms with Crippen molar-refractivity contribution in [2.75, 3.05) is 6.61 Å². The molecule has 0 heterocycles. The lowest BCUT2D eigenvalue weighted by atomic mass is 9.73. The summed E-state index contributed by atoms with van der Waals surface area (Å²) in [5.74, 6) is 0.773. The van der Waals surface area contributed by atoms with E-state index in [1.165, 1.54) is 44.1 Å². The molecule has 6 nitrogen and oxygen atoms in total. The van der Waals surface area contributed by atoms with Crippen LogP contribution in [0.25, 0.3) is 0 Å². The van der Waals surface area contributed by atoms with E-state index < -0.39 is 5.97 Å². The average Bonchev–Trinajstić information content (AvgIpc) is 3.68. The van der Waals surface area contributed by atoms with Gasteiger partial charge in [0.05, 0.1) is 12.0 Å². The lowest BCUT2D eigenvalue weighted by Gasteiger charge is -2.32. The lowest BCUT2D eigenvalue weighted by molar-refractivity contribution is -0.153. The zero-order valence-corrected chi connectivity index (χ0v) is 22.5. The second-order valence-corrected chi connectivity index (χ2v) is 11.7. The highest BCUT2D eigenvalue weighted by Gasteiger charge is 2.48. The number of carboxylic acid groups (broad SMARTS) is 1. The highest BCUT2D eigenvalue weighted by atomic mass is 16.5. The fourth-order valence-electron chi connectivity index (χ4n) is 6.62. The van der Waals surface area contributed by atoms with Gasteiger partial charge in [-0.05, 0) is 86.3 Å². The summed E-state index contributed by atoms with van der Waals surface area (Å²) in [6.07, 6.45) is 15.3. The van der Waals surface area contributed by atoms with Crippen LogP contribution in [0.2, 0.25) is 0 Å². The molecule has 37 heavy (non-hydrogen) atoms. The second kappa shape index (κ2) is 13.6. The number of hydrogen-bond donors (Lipinski definition) is 2. The van der Waals surface area contributed by atoms with Crippen LogP contribution < -0.4 is 4.74 Å². The molecular formula is C31H46O6. The van der Waals surface area contributed by atoms with Gasteiger partial charge < -0.3 is 19.7 Å². The van der Waals surface area contributed by atoms with Gasteiger partial charge in [-0.25, -0.2) is 4.79 Å². The van der Waals surface area contributed by atoms with Gasteiger partial charge in [0.15, 0.2) is 6.61 Å². The summed E-state index contributed by atoms with van der Waals surface area (Å²) >= 11 is 0. The van der Waals surface area contributed by atoms with E-state index in [-0.39, 0.29) is 36.6 Å². The van der Waals surface area contributed by atoms with Crippen molar-refractivity contribution in [1.82, 2.24) is 0 Å². The number of aliphatic hydroxyl groups excluding tert-OH is 1. The molecule has 1 aromatic rings. The summed E-state index contributed by atoms with van der Waals surface area (Å²) in [5.41, 5.74) is 2.32. The Bertz CT molecular complexity index is 894. The number of carboxylic acids is 1. The molecule has 0 radical (unpaired) electrons. The Kier molecular flexibility index (Phi) is 10.3. The van der Waals surface area contributed by atoms with E-state index in [1.54, 1.807) is 0 Å². The fourth-order valence-corrected chi connectivity index (χ4v) is 6.62. The Morgan fingerprint density at radius 1 is 1.03 bits per heavy atom. The molecule has 3 aliphatic rings. The van der Waals surface area contributed by atoms with Gasteiger partial charge in [-0.3, -0.25) is 4.79 Å². The van der Waals surface area contributed by atoms with E-state index in [2.05, 4.69) is 13.0 Å². The zero-order chi connectivity index (χ0) is 26.2. The SMILES string of the molecule is CCCCCCCCC[C@H](O)CC[C@@H]1[C@H]2Cc3cccc(OCC(=O)O)c3C[C@H]2C[C@H]1OC(=O)C1CC1. The maximum absolute atomic E-state index is 12.6. The van der Waals surface area contributed by atoms with Crippen LogP contribution >= 0.6 is 0 Å². The second-order valence-electron chi connectivity index (χ2n) is 11.7. The number of benzene rings is 1. The van der Waals surface area contributed by atoms with Crippen LogP contribution in [0.15, 0.2) is 18.2 Å². The molecule has 2 saturated carbocycles. The molecule has 0 aliphatic heterocycles. The number of esters is 1. The lowest BCUT2D eigenvalue weighted by Crippen LogP contribution is -2.30. The predicted octanol–water partition coefficient (Wildman–Crippen LogP) is 6.10. The van der Waals surface area contributed by atoms with Gasteiger partial charge in [0.2, 0.25) is 0 Å². The molecule has 4 rings (SSSR count). The highest BCUT2D eigenvalue weighted by molar-refractivity contribution is 5.75. The summed E-state index contributed by atoms with van der Waals surface area (Å²) in [5, 5.41) is 19.8. The molecule has 6 heteroatoms. The van der Waals surface area contributed by atoms with Crippen LogP contribution in [-0.2, 0) is 27.2 Å². The number of carbonyl (C=O) groups is 2. The Morgan fingerprint density at radius 2 is 1.78 bits per heavy atom. The molecule has 3 aliphatic carbocycles. The average molecular weight is 515 g/mol. The van der Waals surface area contributed by atoms with Gasteiger partial charge in [0.1, 0.15) is 11.9 Å². The maximum atomic E-state index is 12.6. The van der Waals surface area contributed by atoms with Gasteiger partial charge in [0.25, 0.3) is 0 Å². The number of unbranched alkanes of at least 4 members (excludes halogenated alkanes) is 6. The molecule has 2 fully saturated rings. The number of aliphatic hydroxyl groups is 1. The van der Waals surface area contributed by atoms with Crippen molar-refractivity contribution in [2.45, 2.75) is 115 Å². The van der Waals surface area contributed by atoms with Crippen LogP contribution in [0.1, 0.15) is 102 Å². The number of fused-ring (bicyclic) bond motifs is 2. The van der Waals surface area contributed by atoms with Crippen LogP contribution in [0.3, 0.4) is 0 Å². The molecule has 1 aromatic carbocycles. The van der Waals surface area contributed by atoms with Crippen LogP contribution in [0, 0.1) is 23.7 Å². The molecule has 5 atom stereocenters. The van der Waals surface area contributed by atoms with Crippen molar-refractivity contribution in [2.24, 2.45) is 23.7 Å². The number of aliphatic carboxylic acids is 1. The Hall–Kier alpha value is -2.08. The van der Waals surface area contributed by atoms with E-state index in [9.17, 15) is 14.7 Å². The number of ether oxygens (including phenoxy) is 2. The fraction of sp³-hybridized carbons (Fsp3) is 0.742. The third-order valence-corrected chi connectivity index (χ3v) is 8.82. The van der Waals surface area contributed by atoms with Crippen molar-refractivity contribution < 1.29 is 29.3 Å². The third kappa shape index (κ3) is 7.95. The maximum Gasteiger partial charge on any atom is 0.341 e. The Balaban J connectivity index is 1.35. The van der Waals surface area contributed by atoms with Gasteiger partial charge in [-0.1, -0.05) is 64.0 Å². The normalized spacial score (nSPS) is 25.2. The minimum absolute atomic E-state index is 0.0414. The van der Waals surface area contributed by atoms with Crippen LogP contribution in [0.4, 0.5) is 0 Å². The number of hydrogen-bond acceptors (Lipinski definition) is 5. The van der Waals surface area contributed by atoms with Crippen molar-refractivity contribution in [3.05, 3.63) is 29.3 Å². The third-order valence-electron chi connectivity index (χ3n) is 8.82. The molecule has 0 bridgehead atoms. The van der Waals surface area contributed by atoms with Crippen molar-refractivity contribution in [3.63, 3.8) is 0 Å². The minimum Gasteiger partial charge on any atom is -0.482 e. The monoisotopic (exact) mass is 514 g/mol. The summed E-state index contributed by atoms with van der Waals surface area (Å²) in [7, 11) is 0. The van der Waals surface area contributed by atoms with Crippen molar-refractivity contribution >= 4 is 11.9 Å². The molecule has 2 N–H and O–H groups in total. The molecule has 0 aromatic heterocycles. The van der Waals surface area contributed by atoms with Crippen molar-refractivity contribution in [1.29, 1.82) is 0 Å². The zero-order valence-electron chi connectivity index (χ0n) is 22.5. The predicted molar refractivity (Wildman–Crippen MR) is 143 cm³/mol. The van der Waals surface area contributed by atoms with Crippen LogP contribution in [0.5, 0.6) is 5.75 Å². The molecule has 0 spiro atoms. The Morgan fingerprint density at radius 3 is 2.51 bits per heavy atom. The molecule has 0 saturated heterocycles. The van der Waals surface area contributed by atoms with Gasteiger partial charge in [-0.15, -0.1) is 0 Å². The first-order valence-electron chi connectivity index (χ1n) is 14.8. The van der Waals surface area contributed by atoms with E-state index in [1.807, 2.05) is 12.1 Å². The van der Waals surface area contributed by atoms with E-state index in [4.69, 9.17) is 14.6 Å².